The van der Waals surface area contributed by atoms with Crippen LogP contribution < -0.4 is 10.6 Å². The summed E-state index contributed by atoms with van der Waals surface area (Å²) in [6.45, 7) is 1.56. The highest BCUT2D eigenvalue weighted by Gasteiger charge is 2.25. The van der Waals surface area contributed by atoms with Crippen molar-refractivity contribution in [3.05, 3.63) is 48.5 Å². The van der Waals surface area contributed by atoms with E-state index in [-0.39, 0.29) is 11.9 Å². The molecule has 1 amide bonds. The van der Waals surface area contributed by atoms with E-state index >= 15 is 0 Å². The van der Waals surface area contributed by atoms with Crippen molar-refractivity contribution in [3.8, 4) is 0 Å². The van der Waals surface area contributed by atoms with E-state index in [9.17, 15) is 4.79 Å². The second-order valence-electron chi connectivity index (χ2n) is 5.00. The third kappa shape index (κ3) is 2.82. The molecule has 5 nitrogen and oxygen atoms in total. The van der Waals surface area contributed by atoms with E-state index in [1.165, 1.54) is 5.56 Å². The van der Waals surface area contributed by atoms with E-state index in [1.807, 2.05) is 29.0 Å². The number of hydrogen-bond acceptors (Lipinski definition) is 3. The summed E-state index contributed by atoms with van der Waals surface area (Å²) in [5.74, 6) is 0.0758. The molecule has 1 aromatic carbocycles. The molecule has 1 aliphatic heterocycles. The van der Waals surface area contributed by atoms with Gasteiger partial charge in [0.05, 0.1) is 6.33 Å². The summed E-state index contributed by atoms with van der Waals surface area (Å²) in [6.07, 6.45) is 7.15. The normalized spacial score (nSPS) is 16.5. The number of fused-ring (bicyclic) bond motifs is 1. The Hall–Kier alpha value is -2.30. The number of carbonyl (C=O) groups excluding carboxylic acids is 1. The minimum absolute atomic E-state index is 0.0758. The number of imidazole rings is 1. The zero-order valence-corrected chi connectivity index (χ0v) is 11.2. The molecular formula is C15H18N4O. The monoisotopic (exact) mass is 270 g/mol. The number of aryl methyl sites for hydroxylation is 1. The molecule has 1 atom stereocenters. The van der Waals surface area contributed by atoms with Gasteiger partial charge in [0.15, 0.2) is 0 Å². The Kier molecular flexibility index (Phi) is 3.67. The van der Waals surface area contributed by atoms with Crippen LogP contribution in [0.1, 0.15) is 12.0 Å². The Morgan fingerprint density at radius 2 is 2.35 bits per heavy atom. The van der Waals surface area contributed by atoms with Crippen molar-refractivity contribution in [2.75, 3.05) is 11.9 Å². The van der Waals surface area contributed by atoms with Crippen molar-refractivity contribution in [3.63, 3.8) is 0 Å². The van der Waals surface area contributed by atoms with Crippen LogP contribution in [-0.4, -0.2) is 28.0 Å². The first-order valence-corrected chi connectivity index (χ1v) is 6.91. The predicted octanol–water partition coefficient (Wildman–Crippen LogP) is 1.43. The minimum Gasteiger partial charge on any atom is -0.373 e. The third-order valence-electron chi connectivity index (χ3n) is 3.54. The van der Waals surface area contributed by atoms with Crippen LogP contribution in [0, 0.1) is 0 Å². The molecule has 104 valence electrons. The van der Waals surface area contributed by atoms with Crippen molar-refractivity contribution >= 4 is 11.6 Å². The summed E-state index contributed by atoms with van der Waals surface area (Å²) >= 11 is 0. The Labute approximate surface area is 118 Å². The molecule has 5 heteroatoms. The lowest BCUT2D eigenvalue weighted by molar-refractivity contribution is -0.121. The van der Waals surface area contributed by atoms with E-state index in [0.29, 0.717) is 6.54 Å². The van der Waals surface area contributed by atoms with Gasteiger partial charge < -0.3 is 15.2 Å². The molecule has 0 aliphatic carbocycles. The van der Waals surface area contributed by atoms with Crippen molar-refractivity contribution in [2.24, 2.45) is 0 Å². The molecule has 0 unspecified atom stereocenters. The summed E-state index contributed by atoms with van der Waals surface area (Å²) < 4.78 is 2.01. The highest BCUT2D eigenvalue weighted by molar-refractivity contribution is 5.87. The number of carbonyl (C=O) groups is 1. The summed E-state index contributed by atoms with van der Waals surface area (Å²) in [4.78, 5) is 16.1. The standard InChI is InChI=1S/C15H18N4O/c20-15(17-6-3-8-19-9-7-16-11-19)14-10-12-4-1-2-5-13(12)18-14/h1-2,4-5,7,9,11,14,18H,3,6,8,10H2,(H,17,20)/t14-/m0/s1. The molecule has 0 radical (unpaired) electrons. The summed E-state index contributed by atoms with van der Waals surface area (Å²) in [5, 5.41) is 6.25. The molecule has 2 aromatic rings. The average Bonchev–Trinajstić information content (AvgIpc) is 3.12. The smallest absolute Gasteiger partial charge is 0.242 e. The maximum absolute atomic E-state index is 12.1. The van der Waals surface area contributed by atoms with E-state index < -0.39 is 0 Å². The van der Waals surface area contributed by atoms with Gasteiger partial charge in [-0.05, 0) is 18.1 Å². The fraction of sp³-hybridized carbons (Fsp3) is 0.333. The van der Waals surface area contributed by atoms with E-state index in [2.05, 4.69) is 21.7 Å². The first-order valence-electron chi connectivity index (χ1n) is 6.91. The van der Waals surface area contributed by atoms with Gasteiger partial charge in [-0.25, -0.2) is 4.98 Å². The first-order chi connectivity index (χ1) is 9.83. The zero-order valence-electron chi connectivity index (χ0n) is 11.2. The summed E-state index contributed by atoms with van der Waals surface area (Å²) in [7, 11) is 0. The number of para-hydroxylation sites is 1. The molecule has 0 saturated heterocycles. The van der Waals surface area contributed by atoms with Crippen LogP contribution in [0.5, 0.6) is 0 Å². The molecule has 0 spiro atoms. The molecule has 0 fully saturated rings. The van der Waals surface area contributed by atoms with Gasteiger partial charge in [0.2, 0.25) is 5.91 Å². The van der Waals surface area contributed by atoms with Gasteiger partial charge >= 0.3 is 0 Å². The number of nitrogens with zero attached hydrogens (tertiary/aromatic N) is 2. The molecule has 2 heterocycles. The molecule has 2 N–H and O–H groups in total. The number of aromatic nitrogens is 2. The number of rotatable bonds is 5. The van der Waals surface area contributed by atoms with Crippen LogP contribution in [0.2, 0.25) is 0 Å². The molecule has 1 aromatic heterocycles. The molecule has 3 rings (SSSR count). The Bertz CT molecular complexity index is 554. The molecule has 0 saturated carbocycles. The maximum Gasteiger partial charge on any atom is 0.242 e. The highest BCUT2D eigenvalue weighted by Crippen LogP contribution is 2.24. The van der Waals surface area contributed by atoms with E-state index in [0.717, 1.165) is 25.1 Å². The quantitative estimate of drug-likeness (QED) is 0.808. The van der Waals surface area contributed by atoms with Crippen molar-refractivity contribution in [1.82, 2.24) is 14.9 Å². The highest BCUT2D eigenvalue weighted by atomic mass is 16.2. The number of nitrogens with one attached hydrogen (secondary N) is 2. The fourth-order valence-electron chi connectivity index (χ4n) is 2.47. The first kappa shape index (κ1) is 12.7. The fourth-order valence-corrected chi connectivity index (χ4v) is 2.47. The van der Waals surface area contributed by atoms with Gasteiger partial charge in [-0.2, -0.15) is 0 Å². The van der Waals surface area contributed by atoms with E-state index in [4.69, 9.17) is 0 Å². The third-order valence-corrected chi connectivity index (χ3v) is 3.54. The summed E-state index contributed by atoms with van der Waals surface area (Å²) in [6, 6.07) is 7.93. The second kappa shape index (κ2) is 5.77. The lowest BCUT2D eigenvalue weighted by atomic mass is 10.1. The number of benzene rings is 1. The van der Waals surface area contributed by atoms with Gasteiger partial charge in [-0.15, -0.1) is 0 Å². The van der Waals surface area contributed by atoms with Gasteiger partial charge in [0.25, 0.3) is 0 Å². The Balaban J connectivity index is 1.42. The molecular weight excluding hydrogens is 252 g/mol. The van der Waals surface area contributed by atoms with Crippen molar-refractivity contribution in [2.45, 2.75) is 25.4 Å². The largest absolute Gasteiger partial charge is 0.373 e. The van der Waals surface area contributed by atoms with Crippen LogP contribution in [0.3, 0.4) is 0 Å². The van der Waals surface area contributed by atoms with Gasteiger partial charge in [0.1, 0.15) is 6.04 Å². The number of hydrogen-bond donors (Lipinski definition) is 2. The molecule has 20 heavy (non-hydrogen) atoms. The number of anilines is 1. The van der Waals surface area contributed by atoms with Crippen molar-refractivity contribution < 1.29 is 4.79 Å². The minimum atomic E-state index is -0.138. The van der Waals surface area contributed by atoms with E-state index in [1.54, 1.807) is 12.5 Å². The molecule has 0 bridgehead atoms. The molecule has 1 aliphatic rings. The lowest BCUT2D eigenvalue weighted by Gasteiger charge is -2.12. The van der Waals surface area contributed by atoms with Crippen LogP contribution in [-0.2, 0) is 17.8 Å². The topological polar surface area (TPSA) is 59.0 Å². The maximum atomic E-state index is 12.1. The van der Waals surface area contributed by atoms with Gasteiger partial charge in [-0.3, -0.25) is 4.79 Å². The number of amides is 1. The van der Waals surface area contributed by atoms with Crippen LogP contribution >= 0.6 is 0 Å². The summed E-state index contributed by atoms with van der Waals surface area (Å²) in [5.41, 5.74) is 2.29. The van der Waals surface area contributed by atoms with Crippen molar-refractivity contribution in [1.29, 1.82) is 0 Å². The Morgan fingerprint density at radius 3 is 3.15 bits per heavy atom. The van der Waals surface area contributed by atoms with Gasteiger partial charge in [-0.1, -0.05) is 18.2 Å². The zero-order chi connectivity index (χ0) is 13.8. The van der Waals surface area contributed by atoms with Gasteiger partial charge in [0, 0.05) is 37.6 Å². The Morgan fingerprint density at radius 1 is 1.45 bits per heavy atom. The SMILES string of the molecule is O=C(NCCCn1ccnc1)[C@@H]1Cc2ccccc2N1. The van der Waals surface area contributed by atoms with Crippen LogP contribution in [0.4, 0.5) is 5.69 Å². The predicted molar refractivity (Wildman–Crippen MR) is 77.4 cm³/mol. The van der Waals surface area contributed by atoms with Crippen LogP contribution in [0.25, 0.3) is 0 Å². The second-order valence-corrected chi connectivity index (χ2v) is 5.00. The average molecular weight is 270 g/mol. The lowest BCUT2D eigenvalue weighted by Crippen LogP contribution is -2.39. The van der Waals surface area contributed by atoms with Crippen LogP contribution in [0.15, 0.2) is 43.0 Å².